The Morgan fingerprint density at radius 3 is 2.23 bits per heavy atom. The fourth-order valence-corrected chi connectivity index (χ4v) is 2.17. The molecule has 5 heteroatoms. The number of hydrogen-bond acceptors (Lipinski definition) is 4. The molecule has 5 nitrogen and oxygen atoms in total. The van der Waals surface area contributed by atoms with Gasteiger partial charge in [-0.05, 0) is 17.7 Å². The first kappa shape index (κ1) is 14.0. The summed E-state index contributed by atoms with van der Waals surface area (Å²) >= 11 is 0. The molecule has 1 atom stereocenters. The monoisotopic (exact) mass is 293 g/mol. The van der Waals surface area contributed by atoms with Gasteiger partial charge >= 0.3 is 0 Å². The van der Waals surface area contributed by atoms with E-state index in [0.717, 1.165) is 5.56 Å². The lowest BCUT2D eigenvalue weighted by atomic mass is 10.1. The molecule has 0 aliphatic rings. The number of hydrogen-bond donors (Lipinski definition) is 1. The summed E-state index contributed by atoms with van der Waals surface area (Å²) in [5.74, 6) is 0.642. The van der Waals surface area contributed by atoms with Gasteiger partial charge in [-0.15, -0.1) is 10.2 Å². The van der Waals surface area contributed by atoms with E-state index in [0.29, 0.717) is 17.3 Å². The third kappa shape index (κ3) is 3.03. The Hall–Kier alpha value is -2.95. The van der Waals surface area contributed by atoms with Gasteiger partial charge in [0.1, 0.15) is 6.04 Å². The molecular formula is C17H15N3O2. The summed E-state index contributed by atoms with van der Waals surface area (Å²) in [6.45, 7) is 1.72. The predicted molar refractivity (Wildman–Crippen MR) is 81.2 cm³/mol. The molecule has 1 N–H and O–H groups in total. The zero-order valence-corrected chi connectivity index (χ0v) is 12.1. The van der Waals surface area contributed by atoms with Crippen molar-refractivity contribution >= 4 is 5.91 Å². The number of carbonyl (C=O) groups is 1. The molecule has 2 aromatic carbocycles. The van der Waals surface area contributed by atoms with Gasteiger partial charge < -0.3 is 9.73 Å². The van der Waals surface area contributed by atoms with Crippen LogP contribution in [0.2, 0.25) is 0 Å². The highest BCUT2D eigenvalue weighted by molar-refractivity contribution is 5.94. The molecule has 1 amide bonds. The number of nitrogens with zero attached hydrogens (tertiary/aromatic N) is 2. The molecule has 0 fully saturated rings. The summed E-state index contributed by atoms with van der Waals surface area (Å²) in [6, 6.07) is 18.1. The van der Waals surface area contributed by atoms with Crippen molar-refractivity contribution in [3.8, 4) is 0 Å². The first-order valence-corrected chi connectivity index (χ1v) is 6.95. The van der Waals surface area contributed by atoms with Crippen LogP contribution in [-0.2, 0) is 0 Å². The summed E-state index contributed by atoms with van der Waals surface area (Å²) in [5, 5.41) is 10.8. The molecule has 0 aliphatic heterocycles. The summed E-state index contributed by atoms with van der Waals surface area (Å²) in [7, 11) is 0. The molecule has 1 heterocycles. The molecule has 3 rings (SSSR count). The normalized spacial score (nSPS) is 11.9. The number of aryl methyl sites for hydroxylation is 1. The van der Waals surface area contributed by atoms with Gasteiger partial charge in [-0.3, -0.25) is 4.79 Å². The molecule has 0 bridgehead atoms. The number of carbonyl (C=O) groups excluding carboxylic acids is 1. The molecule has 1 aromatic heterocycles. The SMILES string of the molecule is Cc1nnc(C(NC(=O)c2ccccc2)c2ccccc2)o1. The van der Waals surface area contributed by atoms with Crippen molar-refractivity contribution in [2.75, 3.05) is 0 Å². The van der Waals surface area contributed by atoms with Crippen molar-refractivity contribution in [1.82, 2.24) is 15.5 Å². The second kappa shape index (κ2) is 6.22. The molecule has 0 aliphatic carbocycles. The van der Waals surface area contributed by atoms with Gasteiger partial charge in [0, 0.05) is 12.5 Å². The van der Waals surface area contributed by atoms with Crippen LogP contribution in [0.15, 0.2) is 65.1 Å². The minimum absolute atomic E-state index is 0.190. The molecule has 110 valence electrons. The molecule has 0 saturated heterocycles. The fraction of sp³-hybridized carbons (Fsp3) is 0.118. The first-order valence-electron chi connectivity index (χ1n) is 6.95. The lowest BCUT2D eigenvalue weighted by Crippen LogP contribution is -2.29. The van der Waals surface area contributed by atoms with E-state index in [1.54, 1.807) is 19.1 Å². The zero-order valence-electron chi connectivity index (χ0n) is 12.1. The Morgan fingerprint density at radius 1 is 1.00 bits per heavy atom. The zero-order chi connectivity index (χ0) is 15.4. The summed E-state index contributed by atoms with van der Waals surface area (Å²) in [5.41, 5.74) is 1.47. The van der Waals surface area contributed by atoms with Crippen LogP contribution < -0.4 is 5.32 Å². The van der Waals surface area contributed by atoms with Crippen LogP contribution in [0, 0.1) is 6.92 Å². The van der Waals surface area contributed by atoms with Crippen molar-refractivity contribution in [2.45, 2.75) is 13.0 Å². The van der Waals surface area contributed by atoms with Gasteiger partial charge in [0.15, 0.2) is 0 Å². The van der Waals surface area contributed by atoms with E-state index in [9.17, 15) is 4.79 Å². The van der Waals surface area contributed by atoms with Gasteiger partial charge in [0.2, 0.25) is 11.8 Å². The lowest BCUT2D eigenvalue weighted by molar-refractivity contribution is 0.0937. The summed E-state index contributed by atoms with van der Waals surface area (Å²) < 4.78 is 5.50. The van der Waals surface area contributed by atoms with E-state index < -0.39 is 6.04 Å². The fourth-order valence-electron chi connectivity index (χ4n) is 2.17. The van der Waals surface area contributed by atoms with Crippen LogP contribution >= 0.6 is 0 Å². The van der Waals surface area contributed by atoms with Crippen molar-refractivity contribution in [2.24, 2.45) is 0 Å². The number of amides is 1. The van der Waals surface area contributed by atoms with Crippen LogP contribution in [0.3, 0.4) is 0 Å². The molecule has 22 heavy (non-hydrogen) atoms. The average molecular weight is 293 g/mol. The van der Waals surface area contributed by atoms with Crippen molar-refractivity contribution in [1.29, 1.82) is 0 Å². The second-order valence-corrected chi connectivity index (χ2v) is 4.84. The Bertz CT molecular complexity index is 754. The van der Waals surface area contributed by atoms with E-state index in [1.807, 2.05) is 48.5 Å². The topological polar surface area (TPSA) is 68.0 Å². The van der Waals surface area contributed by atoms with Crippen LogP contribution in [0.4, 0.5) is 0 Å². The Balaban J connectivity index is 1.91. The van der Waals surface area contributed by atoms with E-state index in [4.69, 9.17) is 4.42 Å². The van der Waals surface area contributed by atoms with E-state index in [1.165, 1.54) is 0 Å². The molecule has 1 unspecified atom stereocenters. The molecule has 3 aromatic rings. The molecule has 0 radical (unpaired) electrons. The predicted octanol–water partition coefficient (Wildman–Crippen LogP) is 2.90. The average Bonchev–Trinajstić information content (AvgIpc) is 3.00. The second-order valence-electron chi connectivity index (χ2n) is 4.84. The highest BCUT2D eigenvalue weighted by Crippen LogP contribution is 2.21. The van der Waals surface area contributed by atoms with Gasteiger partial charge in [0.05, 0.1) is 0 Å². The highest BCUT2D eigenvalue weighted by atomic mass is 16.4. The smallest absolute Gasteiger partial charge is 0.252 e. The number of nitrogens with one attached hydrogen (secondary N) is 1. The standard InChI is InChI=1S/C17H15N3O2/c1-12-19-20-17(22-12)15(13-8-4-2-5-9-13)18-16(21)14-10-6-3-7-11-14/h2-11,15H,1H3,(H,18,21). The Morgan fingerprint density at radius 2 is 1.64 bits per heavy atom. The van der Waals surface area contributed by atoms with Gasteiger partial charge in [0.25, 0.3) is 5.91 Å². The van der Waals surface area contributed by atoms with E-state index in [-0.39, 0.29) is 5.91 Å². The van der Waals surface area contributed by atoms with Crippen molar-refractivity contribution in [3.05, 3.63) is 83.6 Å². The maximum Gasteiger partial charge on any atom is 0.252 e. The largest absolute Gasteiger partial charge is 0.423 e. The quantitative estimate of drug-likeness (QED) is 0.803. The summed E-state index contributed by atoms with van der Waals surface area (Å²) in [6.07, 6.45) is 0. The Kier molecular flexibility index (Phi) is 3.96. The van der Waals surface area contributed by atoms with Crippen molar-refractivity contribution < 1.29 is 9.21 Å². The first-order chi connectivity index (χ1) is 10.7. The van der Waals surface area contributed by atoms with Gasteiger partial charge in [-0.25, -0.2) is 0 Å². The van der Waals surface area contributed by atoms with Gasteiger partial charge in [-0.2, -0.15) is 0 Å². The maximum atomic E-state index is 12.4. The van der Waals surface area contributed by atoms with E-state index >= 15 is 0 Å². The highest BCUT2D eigenvalue weighted by Gasteiger charge is 2.22. The molecule has 0 spiro atoms. The molecular weight excluding hydrogens is 278 g/mol. The van der Waals surface area contributed by atoms with Crippen LogP contribution in [0.5, 0.6) is 0 Å². The van der Waals surface area contributed by atoms with E-state index in [2.05, 4.69) is 15.5 Å². The minimum atomic E-state index is -0.477. The van der Waals surface area contributed by atoms with Crippen LogP contribution in [-0.4, -0.2) is 16.1 Å². The third-order valence-corrected chi connectivity index (χ3v) is 3.23. The van der Waals surface area contributed by atoms with Gasteiger partial charge in [-0.1, -0.05) is 48.5 Å². The minimum Gasteiger partial charge on any atom is -0.423 e. The number of rotatable bonds is 4. The molecule has 0 saturated carbocycles. The lowest BCUT2D eigenvalue weighted by Gasteiger charge is -2.15. The Labute approximate surface area is 128 Å². The van der Waals surface area contributed by atoms with Crippen LogP contribution in [0.1, 0.15) is 33.7 Å². The number of aromatic nitrogens is 2. The maximum absolute atomic E-state index is 12.4. The number of benzene rings is 2. The van der Waals surface area contributed by atoms with Crippen molar-refractivity contribution in [3.63, 3.8) is 0 Å². The third-order valence-electron chi connectivity index (χ3n) is 3.23. The van der Waals surface area contributed by atoms with Crippen LogP contribution in [0.25, 0.3) is 0 Å². The summed E-state index contributed by atoms with van der Waals surface area (Å²) in [4.78, 5) is 12.4.